The van der Waals surface area contributed by atoms with Crippen molar-refractivity contribution in [2.75, 3.05) is 25.1 Å². The molecule has 0 amide bonds. The molecule has 1 aliphatic heterocycles. The number of hydrogen-bond acceptors (Lipinski definition) is 3. The van der Waals surface area contributed by atoms with Crippen molar-refractivity contribution in [3.63, 3.8) is 0 Å². The third-order valence-corrected chi connectivity index (χ3v) is 6.61. The molecule has 1 heterocycles. The van der Waals surface area contributed by atoms with Crippen LogP contribution in [-0.2, 0) is 16.3 Å². The molecule has 1 aromatic carbocycles. The van der Waals surface area contributed by atoms with Gasteiger partial charge in [-0.2, -0.15) is 0 Å². The number of halogens is 1. The number of nitrogens with one attached hydrogen (secondary N) is 2. The Kier molecular flexibility index (Phi) is 7.10. The Morgan fingerprint density at radius 3 is 2.83 bits per heavy atom. The molecule has 2 atom stereocenters. The molecular formula is C17H26BrN3O2S. The standard InChI is InChI=1S/C17H26BrN3O2S/c1-3-13(9-14-5-4-6-15(18)10-14)11-20-17(19-2)21-16-7-8-24(22,23)12-16/h4-6,10,13,16H,3,7-9,11-12H2,1-2H3,(H2,19,20,21). The molecule has 2 rings (SSSR count). The highest BCUT2D eigenvalue weighted by molar-refractivity contribution is 9.10. The lowest BCUT2D eigenvalue weighted by molar-refractivity contribution is 0.491. The van der Waals surface area contributed by atoms with E-state index in [-0.39, 0.29) is 17.5 Å². The van der Waals surface area contributed by atoms with Gasteiger partial charge >= 0.3 is 0 Å². The maximum absolute atomic E-state index is 11.5. The van der Waals surface area contributed by atoms with Crippen molar-refractivity contribution in [2.24, 2.45) is 10.9 Å². The van der Waals surface area contributed by atoms with Crippen LogP contribution in [0.2, 0.25) is 0 Å². The lowest BCUT2D eigenvalue weighted by atomic mass is 9.97. The third kappa shape index (κ3) is 6.09. The average Bonchev–Trinajstić information content (AvgIpc) is 2.88. The zero-order valence-electron chi connectivity index (χ0n) is 14.3. The van der Waals surface area contributed by atoms with Crippen LogP contribution in [0, 0.1) is 5.92 Å². The van der Waals surface area contributed by atoms with Crippen molar-refractivity contribution in [2.45, 2.75) is 32.2 Å². The van der Waals surface area contributed by atoms with Crippen LogP contribution in [0.4, 0.5) is 0 Å². The third-order valence-electron chi connectivity index (χ3n) is 4.35. The molecule has 0 aromatic heterocycles. The number of hydrogen-bond donors (Lipinski definition) is 2. The van der Waals surface area contributed by atoms with Gasteiger partial charge in [0.05, 0.1) is 11.5 Å². The minimum atomic E-state index is -2.88. The summed E-state index contributed by atoms with van der Waals surface area (Å²) in [5.41, 5.74) is 1.31. The van der Waals surface area contributed by atoms with Gasteiger partial charge < -0.3 is 10.6 Å². The Bertz CT molecular complexity index is 676. The average molecular weight is 416 g/mol. The fourth-order valence-corrected chi connectivity index (χ4v) is 5.02. The molecule has 0 radical (unpaired) electrons. The van der Waals surface area contributed by atoms with Crippen molar-refractivity contribution in [3.8, 4) is 0 Å². The van der Waals surface area contributed by atoms with Crippen LogP contribution in [0.3, 0.4) is 0 Å². The van der Waals surface area contributed by atoms with Gasteiger partial charge in [0.15, 0.2) is 15.8 Å². The largest absolute Gasteiger partial charge is 0.356 e. The number of sulfone groups is 1. The molecule has 0 aliphatic carbocycles. The van der Waals surface area contributed by atoms with Crippen molar-refractivity contribution < 1.29 is 8.42 Å². The van der Waals surface area contributed by atoms with Crippen LogP contribution in [0.15, 0.2) is 33.7 Å². The number of nitrogens with zero attached hydrogens (tertiary/aromatic N) is 1. The SMILES string of the molecule is CCC(CNC(=NC)NC1CCS(=O)(=O)C1)Cc1cccc(Br)c1. The molecule has 134 valence electrons. The molecule has 1 aromatic rings. The molecule has 1 aliphatic rings. The molecule has 1 fully saturated rings. The van der Waals surface area contributed by atoms with Gasteiger partial charge in [0.1, 0.15) is 0 Å². The van der Waals surface area contributed by atoms with Crippen molar-refractivity contribution in [3.05, 3.63) is 34.3 Å². The molecule has 7 heteroatoms. The summed E-state index contributed by atoms with van der Waals surface area (Å²) < 4.78 is 24.2. The summed E-state index contributed by atoms with van der Waals surface area (Å²) >= 11 is 3.51. The van der Waals surface area contributed by atoms with Crippen LogP contribution in [0.25, 0.3) is 0 Å². The van der Waals surface area contributed by atoms with Crippen LogP contribution < -0.4 is 10.6 Å². The van der Waals surface area contributed by atoms with Crippen molar-refractivity contribution in [1.82, 2.24) is 10.6 Å². The predicted molar refractivity (Wildman–Crippen MR) is 103 cm³/mol. The van der Waals surface area contributed by atoms with E-state index in [0.717, 1.165) is 23.9 Å². The van der Waals surface area contributed by atoms with Crippen molar-refractivity contribution >= 4 is 31.7 Å². The van der Waals surface area contributed by atoms with E-state index in [0.29, 0.717) is 18.3 Å². The van der Waals surface area contributed by atoms with E-state index in [1.165, 1.54) is 5.56 Å². The molecule has 0 spiro atoms. The first-order chi connectivity index (χ1) is 11.4. The molecule has 2 N–H and O–H groups in total. The molecule has 0 saturated carbocycles. The zero-order chi connectivity index (χ0) is 17.6. The summed E-state index contributed by atoms with van der Waals surface area (Å²) in [6.07, 6.45) is 2.71. The van der Waals surface area contributed by atoms with E-state index < -0.39 is 9.84 Å². The summed E-state index contributed by atoms with van der Waals surface area (Å²) in [7, 11) is -1.16. The van der Waals surface area contributed by atoms with Crippen LogP contribution >= 0.6 is 15.9 Å². The number of aliphatic imine (C=N–C) groups is 1. The van der Waals surface area contributed by atoms with Crippen LogP contribution in [0.1, 0.15) is 25.3 Å². The van der Waals surface area contributed by atoms with E-state index in [1.54, 1.807) is 7.05 Å². The van der Waals surface area contributed by atoms with Gasteiger partial charge in [-0.25, -0.2) is 8.42 Å². The monoisotopic (exact) mass is 415 g/mol. The lowest BCUT2D eigenvalue weighted by Crippen LogP contribution is -2.45. The first-order valence-electron chi connectivity index (χ1n) is 8.34. The van der Waals surface area contributed by atoms with E-state index in [4.69, 9.17) is 0 Å². The Hall–Kier alpha value is -1.08. The Labute approximate surface area is 153 Å². The Morgan fingerprint density at radius 2 is 2.25 bits per heavy atom. The summed E-state index contributed by atoms with van der Waals surface area (Å²) in [4.78, 5) is 4.22. The molecule has 24 heavy (non-hydrogen) atoms. The highest BCUT2D eigenvalue weighted by Crippen LogP contribution is 2.16. The highest BCUT2D eigenvalue weighted by Gasteiger charge is 2.28. The molecule has 0 bridgehead atoms. The Morgan fingerprint density at radius 1 is 1.46 bits per heavy atom. The molecule has 1 saturated heterocycles. The van der Waals surface area contributed by atoms with Gasteiger partial charge in [-0.1, -0.05) is 41.4 Å². The number of guanidine groups is 1. The summed E-state index contributed by atoms with van der Waals surface area (Å²) in [6, 6.07) is 8.35. The maximum atomic E-state index is 11.5. The fraction of sp³-hybridized carbons (Fsp3) is 0.588. The second-order valence-electron chi connectivity index (χ2n) is 6.31. The zero-order valence-corrected chi connectivity index (χ0v) is 16.7. The van der Waals surface area contributed by atoms with Gasteiger partial charge in [0.25, 0.3) is 0 Å². The van der Waals surface area contributed by atoms with Gasteiger partial charge in [-0.15, -0.1) is 0 Å². The minimum absolute atomic E-state index is 0.0358. The molecule has 2 unspecified atom stereocenters. The first-order valence-corrected chi connectivity index (χ1v) is 11.0. The Balaban J connectivity index is 1.84. The van der Waals surface area contributed by atoms with Crippen LogP contribution in [0.5, 0.6) is 0 Å². The number of rotatable bonds is 6. The molecule has 5 nitrogen and oxygen atoms in total. The number of benzene rings is 1. The lowest BCUT2D eigenvalue weighted by Gasteiger charge is -2.20. The van der Waals surface area contributed by atoms with E-state index in [9.17, 15) is 8.42 Å². The van der Waals surface area contributed by atoms with Crippen molar-refractivity contribution in [1.29, 1.82) is 0 Å². The first kappa shape index (κ1) is 19.2. The predicted octanol–water partition coefficient (Wildman–Crippen LogP) is 2.37. The second-order valence-corrected chi connectivity index (χ2v) is 9.45. The van der Waals surface area contributed by atoms with Gasteiger partial charge in [0.2, 0.25) is 0 Å². The smallest absolute Gasteiger partial charge is 0.191 e. The van der Waals surface area contributed by atoms with Gasteiger partial charge in [0, 0.05) is 24.1 Å². The minimum Gasteiger partial charge on any atom is -0.356 e. The van der Waals surface area contributed by atoms with Gasteiger partial charge in [-0.3, -0.25) is 4.99 Å². The quantitative estimate of drug-likeness (QED) is 0.552. The second kappa shape index (κ2) is 8.85. The highest BCUT2D eigenvalue weighted by atomic mass is 79.9. The summed E-state index contributed by atoms with van der Waals surface area (Å²) in [5.74, 6) is 1.64. The molecular weight excluding hydrogens is 390 g/mol. The van der Waals surface area contributed by atoms with Gasteiger partial charge in [-0.05, 0) is 36.5 Å². The van der Waals surface area contributed by atoms with E-state index >= 15 is 0 Å². The van der Waals surface area contributed by atoms with E-state index in [2.05, 4.69) is 56.7 Å². The van der Waals surface area contributed by atoms with E-state index in [1.807, 2.05) is 6.07 Å². The van der Waals surface area contributed by atoms with Crippen LogP contribution in [-0.4, -0.2) is 45.5 Å². The fourth-order valence-electron chi connectivity index (χ4n) is 2.90. The maximum Gasteiger partial charge on any atom is 0.191 e. The normalized spacial score (nSPS) is 21.5. The summed E-state index contributed by atoms with van der Waals surface area (Å²) in [5, 5.41) is 6.57. The summed E-state index contributed by atoms with van der Waals surface area (Å²) in [6.45, 7) is 2.99. The topological polar surface area (TPSA) is 70.6 Å².